The van der Waals surface area contributed by atoms with Crippen molar-refractivity contribution in [2.45, 2.75) is 63.5 Å². The number of hydrogen-bond acceptors (Lipinski definition) is 9. The fourth-order valence-corrected chi connectivity index (χ4v) is 7.95. The Bertz CT molecular complexity index is 1920. The first kappa shape index (κ1) is 33.9. The van der Waals surface area contributed by atoms with E-state index in [1.807, 2.05) is 58.6 Å². The Morgan fingerprint density at radius 1 is 0.808 bits per heavy atom. The summed E-state index contributed by atoms with van der Waals surface area (Å²) in [6.07, 6.45) is 11.8. The molecule has 3 aromatic carbocycles. The van der Waals surface area contributed by atoms with Gasteiger partial charge in [-0.1, -0.05) is 12.1 Å². The van der Waals surface area contributed by atoms with Crippen LogP contribution in [0.3, 0.4) is 0 Å². The van der Waals surface area contributed by atoms with Gasteiger partial charge in [0.1, 0.15) is 5.75 Å². The van der Waals surface area contributed by atoms with Gasteiger partial charge >= 0.3 is 0 Å². The van der Waals surface area contributed by atoms with Crippen molar-refractivity contribution in [1.82, 2.24) is 9.80 Å². The number of anilines is 1. The van der Waals surface area contributed by atoms with Crippen LogP contribution in [-0.2, 0) is 0 Å². The van der Waals surface area contributed by atoms with Crippen LogP contribution in [0.2, 0.25) is 0 Å². The topological polar surface area (TPSA) is 111 Å². The van der Waals surface area contributed by atoms with E-state index >= 15 is 0 Å². The maximum absolute atomic E-state index is 13.7. The van der Waals surface area contributed by atoms with Crippen molar-refractivity contribution in [3.8, 4) is 28.7 Å². The van der Waals surface area contributed by atoms with Gasteiger partial charge in [-0.3, -0.25) is 14.6 Å². The second kappa shape index (κ2) is 14.1. The molecule has 1 N–H and O–H groups in total. The first-order valence-corrected chi connectivity index (χ1v) is 18.3. The molecule has 5 aliphatic rings. The van der Waals surface area contributed by atoms with E-state index in [1.54, 1.807) is 33.5 Å². The summed E-state index contributed by atoms with van der Waals surface area (Å²) in [7, 11) is 4.84. The zero-order valence-corrected chi connectivity index (χ0v) is 30.1. The summed E-state index contributed by atoms with van der Waals surface area (Å²) >= 11 is 0. The molecule has 4 heterocycles. The van der Waals surface area contributed by atoms with E-state index in [-0.39, 0.29) is 23.9 Å². The molecule has 11 heteroatoms. The molecule has 2 fully saturated rings. The average Bonchev–Trinajstić information content (AvgIpc) is 3.84. The number of ether oxygens (including phenoxy) is 5. The van der Waals surface area contributed by atoms with Gasteiger partial charge in [-0.25, -0.2) is 0 Å². The molecular formula is C41H46N4O7. The van der Waals surface area contributed by atoms with Crippen LogP contribution in [0, 0.1) is 5.41 Å². The molecule has 2 atom stereocenters. The summed E-state index contributed by atoms with van der Waals surface area (Å²) in [6, 6.07) is 15.2. The molecule has 1 saturated carbocycles. The highest BCUT2D eigenvalue weighted by Gasteiger charge is 2.49. The van der Waals surface area contributed by atoms with E-state index in [4.69, 9.17) is 28.7 Å². The fraction of sp³-hybridized carbons (Fsp3) is 0.439. The highest BCUT2D eigenvalue weighted by atomic mass is 16.5. The van der Waals surface area contributed by atoms with Gasteiger partial charge in [0.2, 0.25) is 0 Å². The van der Waals surface area contributed by atoms with Crippen LogP contribution >= 0.6 is 0 Å². The summed E-state index contributed by atoms with van der Waals surface area (Å²) in [4.78, 5) is 35.8. The van der Waals surface area contributed by atoms with E-state index in [0.29, 0.717) is 65.0 Å². The van der Waals surface area contributed by atoms with Crippen LogP contribution in [0.5, 0.6) is 28.7 Å². The number of aliphatic imine (C=N–C) groups is 1. The van der Waals surface area contributed by atoms with E-state index in [0.717, 1.165) is 67.6 Å². The second-order valence-corrected chi connectivity index (χ2v) is 14.5. The van der Waals surface area contributed by atoms with Gasteiger partial charge in [-0.05, 0) is 92.2 Å². The maximum atomic E-state index is 13.7. The monoisotopic (exact) mass is 706 g/mol. The van der Waals surface area contributed by atoms with E-state index in [9.17, 15) is 9.59 Å². The Balaban J connectivity index is 0.847. The third kappa shape index (κ3) is 6.52. The zero-order chi connectivity index (χ0) is 35.8. The number of benzene rings is 3. The predicted molar refractivity (Wildman–Crippen MR) is 199 cm³/mol. The van der Waals surface area contributed by atoms with E-state index in [1.165, 1.54) is 12.8 Å². The van der Waals surface area contributed by atoms with Crippen molar-refractivity contribution < 1.29 is 33.3 Å². The van der Waals surface area contributed by atoms with Gasteiger partial charge in [0.15, 0.2) is 23.0 Å². The molecule has 1 spiro atoms. The molecule has 3 aromatic rings. The first-order chi connectivity index (χ1) is 25.4. The van der Waals surface area contributed by atoms with Crippen molar-refractivity contribution in [3.05, 3.63) is 71.4 Å². The third-order valence-corrected chi connectivity index (χ3v) is 11.2. The number of piperidine rings is 1. The van der Waals surface area contributed by atoms with Crippen molar-refractivity contribution in [1.29, 1.82) is 0 Å². The molecule has 4 aliphatic heterocycles. The number of methoxy groups -OCH3 is 3. The highest BCUT2D eigenvalue weighted by molar-refractivity contribution is 6.04. The number of nitrogens with zero attached hydrogens (tertiary/aromatic N) is 3. The van der Waals surface area contributed by atoms with Crippen LogP contribution < -0.4 is 29.0 Å². The molecule has 52 heavy (non-hydrogen) atoms. The number of nitrogens with one attached hydrogen (secondary N) is 1. The molecule has 1 saturated heterocycles. The lowest BCUT2D eigenvalue weighted by atomic mass is 9.88. The van der Waals surface area contributed by atoms with Crippen LogP contribution in [0.15, 0.2) is 59.7 Å². The summed E-state index contributed by atoms with van der Waals surface area (Å²) in [5, 5.41) is 3.49. The Morgan fingerprint density at radius 2 is 1.52 bits per heavy atom. The minimum atomic E-state index is -0.0647. The van der Waals surface area contributed by atoms with Gasteiger partial charge < -0.3 is 38.8 Å². The molecule has 272 valence electrons. The van der Waals surface area contributed by atoms with E-state index < -0.39 is 0 Å². The average molecular weight is 707 g/mol. The molecular weight excluding hydrogens is 660 g/mol. The largest absolute Gasteiger partial charge is 0.497 e. The van der Waals surface area contributed by atoms with Gasteiger partial charge in [-0.15, -0.1) is 0 Å². The van der Waals surface area contributed by atoms with Crippen LogP contribution in [0.25, 0.3) is 5.57 Å². The maximum Gasteiger partial charge on any atom is 0.260 e. The molecule has 1 aliphatic carbocycles. The Hall–Kier alpha value is -5.19. The molecule has 0 radical (unpaired) electrons. The number of amides is 2. The normalized spacial score (nSPS) is 20.8. The first-order valence-electron chi connectivity index (χ1n) is 18.3. The van der Waals surface area contributed by atoms with Gasteiger partial charge in [-0.2, -0.15) is 0 Å². The van der Waals surface area contributed by atoms with E-state index in [2.05, 4.69) is 5.32 Å². The number of carbonyl (C=O) groups excluding carboxylic acids is 2. The van der Waals surface area contributed by atoms with Crippen LogP contribution in [-0.4, -0.2) is 87.5 Å². The zero-order valence-electron chi connectivity index (χ0n) is 30.1. The Morgan fingerprint density at radius 3 is 2.21 bits per heavy atom. The summed E-state index contributed by atoms with van der Waals surface area (Å²) in [6.45, 7) is 2.38. The summed E-state index contributed by atoms with van der Waals surface area (Å²) < 4.78 is 28.9. The second-order valence-electron chi connectivity index (χ2n) is 14.5. The third-order valence-electron chi connectivity index (χ3n) is 11.2. The molecule has 0 unspecified atom stereocenters. The molecule has 11 nitrogen and oxygen atoms in total. The fourth-order valence-electron chi connectivity index (χ4n) is 7.95. The minimum Gasteiger partial charge on any atom is -0.497 e. The van der Waals surface area contributed by atoms with Crippen LogP contribution in [0.4, 0.5) is 11.4 Å². The molecule has 0 bridgehead atoms. The molecule has 2 amide bonds. The quantitative estimate of drug-likeness (QED) is 0.198. The minimum absolute atomic E-state index is 0.00716. The number of fused-ring (bicyclic) bond motifs is 4. The highest BCUT2D eigenvalue weighted by Crippen LogP contribution is 2.55. The number of rotatable bonds is 12. The van der Waals surface area contributed by atoms with Crippen LogP contribution in [0.1, 0.15) is 77.6 Å². The van der Waals surface area contributed by atoms with Crippen molar-refractivity contribution in [2.24, 2.45) is 10.4 Å². The lowest BCUT2D eigenvalue weighted by molar-refractivity contribution is 0.0627. The number of hydrogen-bond donors (Lipinski definition) is 1. The summed E-state index contributed by atoms with van der Waals surface area (Å²) in [5.41, 5.74) is 5.12. The Kier molecular flexibility index (Phi) is 9.19. The standard InChI is InChI=1S/C41H46N4O7/c1-48-30-9-7-26(8-10-30)27-17-28-23-42-34-21-38(36(50-3)19-32(34)40(47)45(28)25-27)52-16-6-4-5-15-51-37-20-33-31(18-35(37)49-2)39(46)44-14-13-41(11-12-41)22-29(44)24-43-33/h7-10,18-21,24-25,28-29,42H,4-6,11-17,22-23H2,1-3H3/t28-,29-/m0/s1. The van der Waals surface area contributed by atoms with Crippen molar-refractivity contribution >= 4 is 35.0 Å². The van der Waals surface area contributed by atoms with Crippen molar-refractivity contribution in [3.63, 3.8) is 0 Å². The van der Waals surface area contributed by atoms with Gasteiger partial charge in [0.25, 0.3) is 11.8 Å². The number of carbonyl (C=O) groups is 2. The molecule has 8 rings (SSSR count). The Labute approximate surface area is 304 Å². The van der Waals surface area contributed by atoms with Gasteiger partial charge in [0, 0.05) is 37.6 Å². The lowest BCUT2D eigenvalue weighted by Crippen LogP contribution is -2.46. The number of unbranched alkanes of at least 4 members (excludes halogenated alkanes) is 2. The summed E-state index contributed by atoms with van der Waals surface area (Å²) in [5.74, 6) is 3.00. The predicted octanol–water partition coefficient (Wildman–Crippen LogP) is 7.12. The van der Waals surface area contributed by atoms with Crippen molar-refractivity contribution in [2.75, 3.05) is 52.9 Å². The van der Waals surface area contributed by atoms with Gasteiger partial charge in [0.05, 0.1) is 69.1 Å². The smallest absolute Gasteiger partial charge is 0.260 e. The lowest BCUT2D eigenvalue weighted by Gasteiger charge is -2.37. The molecule has 0 aromatic heterocycles. The SMILES string of the molecule is COc1ccc(C2=CN3C(=O)c4cc(OC)c(OCCCCCOc5cc6c(cc5OC)C(=O)N5CCC7(CC7)C[C@H]5C=N6)cc4NC[C@@H]3C2)cc1.